The zero-order chi connectivity index (χ0) is 14.7. The fourth-order valence-electron chi connectivity index (χ4n) is 2.83. The highest BCUT2D eigenvalue weighted by Gasteiger charge is 2.24. The van der Waals surface area contributed by atoms with E-state index in [2.05, 4.69) is 33.0 Å². The molecule has 0 radical (unpaired) electrons. The molecule has 3 rings (SSSR count). The molecule has 0 amide bonds. The van der Waals surface area contributed by atoms with Crippen molar-refractivity contribution in [2.24, 2.45) is 5.73 Å². The van der Waals surface area contributed by atoms with Crippen molar-refractivity contribution in [1.29, 1.82) is 0 Å². The minimum absolute atomic E-state index is 0.249. The first kappa shape index (κ1) is 15.5. The molecule has 1 atom stereocenters. The third-order valence-corrected chi connectivity index (χ3v) is 5.45. The maximum absolute atomic E-state index is 6.06. The summed E-state index contributed by atoms with van der Waals surface area (Å²) in [4.78, 5) is 2.47. The van der Waals surface area contributed by atoms with Crippen molar-refractivity contribution in [1.82, 2.24) is 4.90 Å². The Bertz CT molecular complexity index is 495. The van der Waals surface area contributed by atoms with E-state index in [1.54, 1.807) is 0 Å². The van der Waals surface area contributed by atoms with Crippen LogP contribution in [-0.2, 0) is 0 Å². The summed E-state index contributed by atoms with van der Waals surface area (Å²) in [5, 5.41) is 0. The lowest BCUT2D eigenvalue weighted by molar-refractivity contribution is 0.222. The van der Waals surface area contributed by atoms with Crippen molar-refractivity contribution in [3.63, 3.8) is 0 Å². The van der Waals surface area contributed by atoms with Crippen molar-refractivity contribution in [3.8, 4) is 11.5 Å². The first-order valence-electron chi connectivity index (χ1n) is 7.40. The van der Waals surface area contributed by atoms with Crippen molar-refractivity contribution >= 4 is 27.7 Å². The zero-order valence-corrected chi connectivity index (χ0v) is 14.4. The summed E-state index contributed by atoms with van der Waals surface area (Å²) in [6.07, 6.45) is 0.917. The molecule has 1 aromatic rings. The van der Waals surface area contributed by atoms with Gasteiger partial charge in [-0.15, -0.1) is 0 Å². The van der Waals surface area contributed by atoms with Crippen LogP contribution in [0.15, 0.2) is 16.6 Å². The predicted molar refractivity (Wildman–Crippen MR) is 90.4 cm³/mol. The number of hydrogen-bond acceptors (Lipinski definition) is 5. The van der Waals surface area contributed by atoms with E-state index in [1.807, 2.05) is 11.8 Å². The Morgan fingerprint density at radius 3 is 2.76 bits per heavy atom. The molecule has 116 valence electrons. The van der Waals surface area contributed by atoms with Gasteiger partial charge in [0.2, 0.25) is 0 Å². The average Bonchev–Trinajstić information content (AvgIpc) is 2.75. The minimum Gasteiger partial charge on any atom is -0.490 e. The first-order valence-corrected chi connectivity index (χ1v) is 9.35. The van der Waals surface area contributed by atoms with Gasteiger partial charge in [-0.25, -0.2) is 0 Å². The van der Waals surface area contributed by atoms with Crippen molar-refractivity contribution in [2.75, 3.05) is 44.4 Å². The third kappa shape index (κ3) is 3.50. The lowest BCUT2D eigenvalue weighted by Crippen LogP contribution is -2.39. The fraction of sp³-hybridized carbons (Fsp3) is 0.600. The molecule has 0 spiro atoms. The molecule has 6 heteroatoms. The van der Waals surface area contributed by atoms with Crippen molar-refractivity contribution in [2.45, 2.75) is 12.5 Å². The maximum atomic E-state index is 6.06. The molecule has 1 saturated heterocycles. The SMILES string of the molecule is NCC(c1cc(Br)c2c(c1)OCCCO2)N1CCSCC1. The molecular weight excluding hydrogens is 352 g/mol. The van der Waals surface area contributed by atoms with Gasteiger partial charge in [0.15, 0.2) is 11.5 Å². The largest absolute Gasteiger partial charge is 0.490 e. The fourth-order valence-corrected chi connectivity index (χ4v) is 4.33. The average molecular weight is 373 g/mol. The number of nitrogens with two attached hydrogens (primary N) is 1. The number of benzene rings is 1. The number of nitrogens with zero attached hydrogens (tertiary/aromatic N) is 1. The van der Waals surface area contributed by atoms with Gasteiger partial charge in [0.1, 0.15) is 0 Å². The molecule has 2 N–H and O–H groups in total. The second-order valence-electron chi connectivity index (χ2n) is 5.28. The van der Waals surface area contributed by atoms with E-state index < -0.39 is 0 Å². The van der Waals surface area contributed by atoms with Gasteiger partial charge in [-0.3, -0.25) is 4.90 Å². The Kier molecular flexibility index (Phi) is 5.32. The summed E-state index contributed by atoms with van der Waals surface area (Å²) >= 11 is 5.63. The summed E-state index contributed by atoms with van der Waals surface area (Å²) in [5.74, 6) is 4.02. The number of hydrogen-bond donors (Lipinski definition) is 1. The monoisotopic (exact) mass is 372 g/mol. The first-order chi connectivity index (χ1) is 10.3. The zero-order valence-electron chi connectivity index (χ0n) is 12.0. The summed E-state index contributed by atoms with van der Waals surface area (Å²) in [5.41, 5.74) is 7.27. The van der Waals surface area contributed by atoms with Gasteiger partial charge in [-0.2, -0.15) is 11.8 Å². The van der Waals surface area contributed by atoms with Gasteiger partial charge in [-0.1, -0.05) is 0 Å². The molecule has 0 aliphatic carbocycles. The number of halogens is 1. The summed E-state index contributed by atoms with van der Waals surface area (Å²) in [7, 11) is 0. The summed E-state index contributed by atoms with van der Waals surface area (Å²) in [6, 6.07) is 4.48. The number of ether oxygens (including phenoxy) is 2. The third-order valence-electron chi connectivity index (χ3n) is 3.92. The standard InChI is InChI=1S/C15H21BrN2O2S/c16-12-8-11(9-14-15(12)20-5-1-4-19-14)13(10-17)18-2-6-21-7-3-18/h8-9,13H,1-7,10,17H2. The molecule has 2 aliphatic rings. The minimum atomic E-state index is 0.249. The van der Waals surface area contributed by atoms with Gasteiger partial charge in [0, 0.05) is 43.6 Å². The highest BCUT2D eigenvalue weighted by Crippen LogP contribution is 2.40. The van der Waals surface area contributed by atoms with Gasteiger partial charge in [-0.05, 0) is 33.6 Å². The molecule has 0 bridgehead atoms. The molecular formula is C15H21BrN2O2S. The Balaban J connectivity index is 1.89. The quantitative estimate of drug-likeness (QED) is 0.883. The Hall–Kier alpha value is -0.430. The maximum Gasteiger partial charge on any atom is 0.175 e. The van der Waals surface area contributed by atoms with E-state index in [9.17, 15) is 0 Å². The van der Waals surface area contributed by atoms with Crippen LogP contribution in [0, 0.1) is 0 Å². The van der Waals surface area contributed by atoms with Crippen LogP contribution in [0.2, 0.25) is 0 Å². The van der Waals surface area contributed by atoms with Crippen LogP contribution in [0.3, 0.4) is 0 Å². The lowest BCUT2D eigenvalue weighted by Gasteiger charge is -2.34. The van der Waals surface area contributed by atoms with Crippen LogP contribution in [0.4, 0.5) is 0 Å². The smallest absolute Gasteiger partial charge is 0.175 e. The molecule has 1 fully saturated rings. The Morgan fingerprint density at radius 2 is 2.00 bits per heavy atom. The Morgan fingerprint density at radius 1 is 1.24 bits per heavy atom. The van der Waals surface area contributed by atoms with E-state index >= 15 is 0 Å². The molecule has 0 saturated carbocycles. The molecule has 2 heterocycles. The lowest BCUT2D eigenvalue weighted by atomic mass is 10.0. The Labute approximate surface area is 138 Å². The number of rotatable bonds is 3. The second-order valence-corrected chi connectivity index (χ2v) is 7.36. The number of thioether (sulfide) groups is 1. The van der Waals surface area contributed by atoms with Crippen LogP contribution >= 0.6 is 27.7 Å². The molecule has 21 heavy (non-hydrogen) atoms. The van der Waals surface area contributed by atoms with Crippen LogP contribution < -0.4 is 15.2 Å². The van der Waals surface area contributed by atoms with Gasteiger partial charge in [0.25, 0.3) is 0 Å². The molecule has 4 nitrogen and oxygen atoms in total. The summed E-state index contributed by atoms with van der Waals surface area (Å²) < 4.78 is 12.6. The topological polar surface area (TPSA) is 47.7 Å². The highest BCUT2D eigenvalue weighted by atomic mass is 79.9. The molecule has 1 aromatic carbocycles. The normalized spacial score (nSPS) is 20.9. The van der Waals surface area contributed by atoms with Crippen molar-refractivity contribution < 1.29 is 9.47 Å². The van der Waals surface area contributed by atoms with E-state index in [0.29, 0.717) is 19.8 Å². The van der Waals surface area contributed by atoms with Gasteiger partial charge < -0.3 is 15.2 Å². The van der Waals surface area contributed by atoms with Crippen LogP contribution in [0.25, 0.3) is 0 Å². The molecule has 2 aliphatic heterocycles. The molecule has 0 aromatic heterocycles. The van der Waals surface area contributed by atoms with Crippen LogP contribution in [0.1, 0.15) is 18.0 Å². The van der Waals surface area contributed by atoms with Crippen molar-refractivity contribution in [3.05, 3.63) is 22.2 Å². The van der Waals surface area contributed by atoms with Crippen LogP contribution in [-0.4, -0.2) is 49.3 Å². The molecule has 1 unspecified atom stereocenters. The van der Waals surface area contributed by atoms with Gasteiger partial charge >= 0.3 is 0 Å². The number of fused-ring (bicyclic) bond motifs is 1. The van der Waals surface area contributed by atoms with E-state index in [1.165, 1.54) is 17.1 Å². The van der Waals surface area contributed by atoms with E-state index in [-0.39, 0.29) is 6.04 Å². The summed E-state index contributed by atoms with van der Waals surface area (Å²) in [6.45, 7) is 4.22. The van der Waals surface area contributed by atoms with Crippen LogP contribution in [0.5, 0.6) is 11.5 Å². The van der Waals surface area contributed by atoms with E-state index in [0.717, 1.165) is 35.5 Å². The predicted octanol–water partition coefficient (Wildman–Crippen LogP) is 2.66. The highest BCUT2D eigenvalue weighted by molar-refractivity contribution is 9.10. The second kappa shape index (κ2) is 7.22. The van der Waals surface area contributed by atoms with E-state index in [4.69, 9.17) is 15.2 Å². The van der Waals surface area contributed by atoms with Gasteiger partial charge in [0.05, 0.1) is 17.7 Å².